The first-order valence-corrected chi connectivity index (χ1v) is 9.68. The van der Waals surface area contributed by atoms with Crippen LogP contribution in [0.25, 0.3) is 0 Å². The fourth-order valence-corrected chi connectivity index (χ4v) is 3.64. The first-order valence-electron chi connectivity index (χ1n) is 9.68. The number of piperidine rings is 1. The van der Waals surface area contributed by atoms with Crippen molar-refractivity contribution < 1.29 is 9.59 Å². The number of aryl methyl sites for hydroxylation is 1. The second-order valence-corrected chi connectivity index (χ2v) is 7.49. The number of hydrogen-bond donors (Lipinski definition) is 0. The van der Waals surface area contributed by atoms with Crippen LogP contribution >= 0.6 is 0 Å². The number of likely N-dealkylation sites (tertiary alicyclic amines) is 1. The van der Waals surface area contributed by atoms with Gasteiger partial charge in [0.1, 0.15) is 5.78 Å². The molecule has 4 nitrogen and oxygen atoms in total. The molecular formula is C23H28N2O2. The summed E-state index contributed by atoms with van der Waals surface area (Å²) in [6.07, 6.45) is 3.10. The topological polar surface area (TPSA) is 40.6 Å². The number of nitrogens with zero attached hydrogens (tertiary/aromatic N) is 2. The minimum absolute atomic E-state index is 0.0271. The number of benzene rings is 2. The summed E-state index contributed by atoms with van der Waals surface area (Å²) in [5, 5.41) is 0. The van der Waals surface area contributed by atoms with E-state index in [9.17, 15) is 9.59 Å². The smallest absolute Gasteiger partial charge is 0.253 e. The molecule has 1 fully saturated rings. The lowest BCUT2D eigenvalue weighted by Crippen LogP contribution is -2.42. The first-order chi connectivity index (χ1) is 13.0. The molecule has 1 aliphatic heterocycles. The van der Waals surface area contributed by atoms with E-state index in [1.165, 1.54) is 5.56 Å². The van der Waals surface area contributed by atoms with Crippen molar-refractivity contribution in [2.75, 3.05) is 32.1 Å². The van der Waals surface area contributed by atoms with Gasteiger partial charge in [0.2, 0.25) is 0 Å². The van der Waals surface area contributed by atoms with Crippen LogP contribution in [0.3, 0.4) is 0 Å². The molecule has 1 saturated heterocycles. The highest BCUT2D eigenvalue weighted by Crippen LogP contribution is 2.22. The van der Waals surface area contributed by atoms with Gasteiger partial charge in [0.15, 0.2) is 0 Å². The van der Waals surface area contributed by atoms with E-state index >= 15 is 0 Å². The van der Waals surface area contributed by atoms with Gasteiger partial charge in [-0.1, -0.05) is 36.4 Å². The van der Waals surface area contributed by atoms with Gasteiger partial charge in [-0.25, -0.2) is 0 Å². The molecule has 1 atom stereocenters. The van der Waals surface area contributed by atoms with Crippen LogP contribution in [0.4, 0.5) is 5.69 Å². The maximum absolute atomic E-state index is 12.9. The van der Waals surface area contributed by atoms with Crippen LogP contribution in [-0.2, 0) is 11.2 Å². The number of hydrogen-bond acceptors (Lipinski definition) is 3. The lowest BCUT2D eigenvalue weighted by molar-refractivity contribution is -0.124. The zero-order valence-corrected chi connectivity index (χ0v) is 16.2. The Kier molecular flexibility index (Phi) is 6.28. The largest absolute Gasteiger partial charge is 0.378 e. The number of amides is 1. The Morgan fingerprint density at radius 2 is 1.85 bits per heavy atom. The quantitative estimate of drug-likeness (QED) is 0.783. The van der Waals surface area contributed by atoms with Crippen LogP contribution in [0.5, 0.6) is 0 Å². The Hall–Kier alpha value is -2.62. The minimum Gasteiger partial charge on any atom is -0.378 e. The molecular weight excluding hydrogens is 336 g/mol. The van der Waals surface area contributed by atoms with E-state index in [2.05, 4.69) is 12.1 Å². The molecule has 27 heavy (non-hydrogen) atoms. The van der Waals surface area contributed by atoms with E-state index in [-0.39, 0.29) is 17.6 Å². The fraction of sp³-hybridized carbons (Fsp3) is 0.391. The average Bonchev–Trinajstić information content (AvgIpc) is 2.72. The van der Waals surface area contributed by atoms with Crippen LogP contribution in [-0.4, -0.2) is 43.8 Å². The first kappa shape index (κ1) is 19.2. The molecule has 0 spiro atoms. The van der Waals surface area contributed by atoms with Gasteiger partial charge in [-0.05, 0) is 43.0 Å². The highest BCUT2D eigenvalue weighted by molar-refractivity contribution is 5.95. The molecule has 0 aromatic heterocycles. The van der Waals surface area contributed by atoms with Crippen molar-refractivity contribution in [1.29, 1.82) is 0 Å². The van der Waals surface area contributed by atoms with Crippen LogP contribution in [0.15, 0.2) is 54.6 Å². The molecule has 0 saturated carbocycles. The van der Waals surface area contributed by atoms with E-state index in [1.807, 2.05) is 66.4 Å². The molecule has 3 rings (SSSR count). The molecule has 1 amide bonds. The Balaban J connectivity index is 1.60. The van der Waals surface area contributed by atoms with Gasteiger partial charge in [0.25, 0.3) is 5.91 Å². The van der Waals surface area contributed by atoms with Gasteiger partial charge in [-0.3, -0.25) is 9.59 Å². The molecule has 0 unspecified atom stereocenters. The Bertz CT molecular complexity index is 786. The molecule has 1 aliphatic rings. The van der Waals surface area contributed by atoms with E-state index in [0.29, 0.717) is 18.5 Å². The number of carbonyl (C=O) groups is 2. The molecule has 2 aromatic rings. The summed E-state index contributed by atoms with van der Waals surface area (Å²) in [5.74, 6) is 0.265. The highest BCUT2D eigenvalue weighted by Gasteiger charge is 2.28. The standard InChI is InChI=1S/C23H28N2O2/c1-24(2)21-12-6-10-19(16-21)23(27)25-15-7-11-20(17-25)22(26)14-13-18-8-4-3-5-9-18/h3-6,8-10,12,16,20H,7,11,13-15,17H2,1-2H3/t20-/m0/s1. The molecule has 4 heteroatoms. The summed E-state index contributed by atoms with van der Waals surface area (Å²) in [4.78, 5) is 29.4. The normalized spacial score (nSPS) is 16.8. The lowest BCUT2D eigenvalue weighted by Gasteiger charge is -2.32. The van der Waals surface area contributed by atoms with Crippen molar-refractivity contribution in [2.45, 2.75) is 25.7 Å². The minimum atomic E-state index is -0.0385. The maximum atomic E-state index is 12.9. The zero-order chi connectivity index (χ0) is 19.2. The van der Waals surface area contributed by atoms with Crippen molar-refractivity contribution in [3.05, 3.63) is 65.7 Å². The van der Waals surface area contributed by atoms with Gasteiger partial charge >= 0.3 is 0 Å². The number of rotatable bonds is 6. The highest BCUT2D eigenvalue weighted by atomic mass is 16.2. The molecule has 0 radical (unpaired) electrons. The Morgan fingerprint density at radius 3 is 2.59 bits per heavy atom. The number of ketones is 1. The predicted molar refractivity (Wildman–Crippen MR) is 109 cm³/mol. The van der Waals surface area contributed by atoms with Crippen molar-refractivity contribution in [3.8, 4) is 0 Å². The van der Waals surface area contributed by atoms with Crippen molar-refractivity contribution >= 4 is 17.4 Å². The Morgan fingerprint density at radius 1 is 1.07 bits per heavy atom. The van der Waals surface area contributed by atoms with Gasteiger partial charge in [-0.15, -0.1) is 0 Å². The number of anilines is 1. The van der Waals surface area contributed by atoms with E-state index in [4.69, 9.17) is 0 Å². The average molecular weight is 364 g/mol. The Labute approximate surface area is 161 Å². The summed E-state index contributed by atoms with van der Waals surface area (Å²) in [7, 11) is 3.93. The summed E-state index contributed by atoms with van der Waals surface area (Å²) >= 11 is 0. The van der Waals surface area contributed by atoms with Gasteiger partial charge in [0.05, 0.1) is 0 Å². The number of Topliss-reactive ketones (excluding diaryl/α,β-unsaturated/α-hetero) is 1. The van der Waals surface area contributed by atoms with Crippen molar-refractivity contribution in [2.24, 2.45) is 5.92 Å². The van der Waals surface area contributed by atoms with E-state index in [1.54, 1.807) is 0 Å². The molecule has 142 valence electrons. The van der Waals surface area contributed by atoms with Gasteiger partial charge in [0, 0.05) is 50.8 Å². The molecule has 1 heterocycles. The van der Waals surface area contributed by atoms with Crippen molar-refractivity contribution in [1.82, 2.24) is 4.90 Å². The zero-order valence-electron chi connectivity index (χ0n) is 16.2. The van der Waals surface area contributed by atoms with E-state index < -0.39 is 0 Å². The van der Waals surface area contributed by atoms with Crippen molar-refractivity contribution in [3.63, 3.8) is 0 Å². The van der Waals surface area contributed by atoms with Crippen LogP contribution in [0.2, 0.25) is 0 Å². The van der Waals surface area contributed by atoms with Crippen LogP contribution in [0.1, 0.15) is 35.2 Å². The predicted octanol–water partition coefficient (Wildman–Crippen LogP) is 3.81. The second kappa shape index (κ2) is 8.85. The molecule has 0 aliphatic carbocycles. The summed E-state index contributed by atoms with van der Waals surface area (Å²) < 4.78 is 0. The second-order valence-electron chi connectivity index (χ2n) is 7.49. The van der Waals surface area contributed by atoms with Crippen LogP contribution in [0, 0.1) is 5.92 Å². The summed E-state index contributed by atoms with van der Waals surface area (Å²) in [6, 6.07) is 17.8. The number of carbonyl (C=O) groups excluding carboxylic acids is 2. The monoisotopic (exact) mass is 364 g/mol. The van der Waals surface area contributed by atoms with Gasteiger partial charge in [-0.2, -0.15) is 0 Å². The lowest BCUT2D eigenvalue weighted by atomic mass is 9.90. The third-order valence-electron chi connectivity index (χ3n) is 5.28. The van der Waals surface area contributed by atoms with Crippen LogP contribution < -0.4 is 4.90 Å². The maximum Gasteiger partial charge on any atom is 0.253 e. The fourth-order valence-electron chi connectivity index (χ4n) is 3.64. The molecule has 0 bridgehead atoms. The summed E-state index contributed by atoms with van der Waals surface area (Å²) in [6.45, 7) is 1.27. The third kappa shape index (κ3) is 4.97. The molecule has 0 N–H and O–H groups in total. The van der Waals surface area contributed by atoms with Gasteiger partial charge < -0.3 is 9.80 Å². The summed E-state index contributed by atoms with van der Waals surface area (Å²) in [5.41, 5.74) is 2.89. The third-order valence-corrected chi connectivity index (χ3v) is 5.28. The molecule has 2 aromatic carbocycles. The van der Waals surface area contributed by atoms with E-state index in [0.717, 1.165) is 31.5 Å². The SMILES string of the molecule is CN(C)c1cccc(C(=O)N2CCC[C@H](C(=O)CCc3ccccc3)C2)c1.